The average Bonchev–Trinajstić information content (AvgIpc) is 2.74. The van der Waals surface area contributed by atoms with E-state index in [1.807, 2.05) is 11.1 Å². The number of benzene rings is 1. The Bertz CT molecular complexity index is 898. The van der Waals surface area contributed by atoms with Gasteiger partial charge in [-0.05, 0) is 31.4 Å². The lowest BCUT2D eigenvalue weighted by Gasteiger charge is -2.32. The molecule has 1 aromatic heterocycles. The summed E-state index contributed by atoms with van der Waals surface area (Å²) in [4.78, 5) is 25.7. The lowest BCUT2D eigenvalue weighted by Crippen LogP contribution is -2.38. The molecule has 1 saturated heterocycles. The number of carbonyl (C=O) groups excluding carboxylic acids is 1. The van der Waals surface area contributed by atoms with E-state index >= 15 is 0 Å². The predicted molar refractivity (Wildman–Crippen MR) is 112 cm³/mol. The predicted octanol–water partition coefficient (Wildman–Crippen LogP) is 3.08. The molecule has 0 N–H and O–H groups in total. The minimum Gasteiger partial charge on any atom is -0.496 e. The number of nitrogens with zero attached hydrogens (tertiary/aromatic N) is 4. The van der Waals surface area contributed by atoms with Crippen molar-refractivity contribution >= 4 is 5.91 Å². The summed E-state index contributed by atoms with van der Waals surface area (Å²) in [6, 6.07) is 6.39. The van der Waals surface area contributed by atoms with Gasteiger partial charge in [0.2, 0.25) is 5.91 Å². The topological polar surface area (TPSA) is 58.6 Å². The van der Waals surface area contributed by atoms with Crippen molar-refractivity contribution in [3.05, 3.63) is 52.6 Å². The molecule has 2 aliphatic heterocycles. The molecule has 1 amide bonds. The second-order valence-corrected chi connectivity index (χ2v) is 8.28. The number of methoxy groups -OCH3 is 1. The lowest BCUT2D eigenvalue weighted by atomic mass is 9.96. The monoisotopic (exact) mass is 394 g/mol. The highest BCUT2D eigenvalue weighted by atomic mass is 16.5. The number of piperidine rings is 1. The number of aryl methyl sites for hydroxylation is 1. The molecule has 1 atom stereocenters. The van der Waals surface area contributed by atoms with E-state index in [2.05, 4.69) is 30.0 Å². The van der Waals surface area contributed by atoms with Crippen molar-refractivity contribution in [3.8, 4) is 5.75 Å². The van der Waals surface area contributed by atoms with Crippen LogP contribution in [0.4, 0.5) is 0 Å². The molecule has 154 valence electrons. The third-order valence-electron chi connectivity index (χ3n) is 6.10. The fourth-order valence-corrected chi connectivity index (χ4v) is 4.42. The summed E-state index contributed by atoms with van der Waals surface area (Å²) < 4.78 is 5.57. The second-order valence-electron chi connectivity index (χ2n) is 8.28. The molecule has 1 fully saturated rings. The van der Waals surface area contributed by atoms with Gasteiger partial charge in [0.15, 0.2) is 0 Å². The number of ether oxygens (including phenoxy) is 1. The van der Waals surface area contributed by atoms with Gasteiger partial charge < -0.3 is 9.64 Å². The van der Waals surface area contributed by atoms with E-state index in [4.69, 9.17) is 14.7 Å². The molecule has 6 nitrogen and oxygen atoms in total. The van der Waals surface area contributed by atoms with Crippen molar-refractivity contribution in [2.45, 2.75) is 52.1 Å². The zero-order chi connectivity index (χ0) is 20.4. The molecule has 2 aromatic rings. The van der Waals surface area contributed by atoms with Gasteiger partial charge in [-0.15, -0.1) is 0 Å². The molecule has 1 aromatic carbocycles. The molecular formula is C23H30N4O2. The first kappa shape index (κ1) is 19.8. The van der Waals surface area contributed by atoms with Crippen LogP contribution in [0.3, 0.4) is 0 Å². The Morgan fingerprint density at radius 2 is 2.17 bits per heavy atom. The quantitative estimate of drug-likeness (QED) is 0.798. The molecule has 0 radical (unpaired) electrons. The molecule has 2 aliphatic rings. The van der Waals surface area contributed by atoms with Crippen LogP contribution in [0.5, 0.6) is 5.75 Å². The van der Waals surface area contributed by atoms with Gasteiger partial charge in [-0.1, -0.05) is 12.1 Å². The zero-order valence-corrected chi connectivity index (χ0v) is 17.6. The number of likely N-dealkylation sites (tertiary alicyclic amines) is 1. The fraction of sp³-hybridized carbons (Fsp3) is 0.522. The van der Waals surface area contributed by atoms with Crippen LogP contribution in [-0.2, 0) is 24.3 Å². The van der Waals surface area contributed by atoms with E-state index in [0.29, 0.717) is 0 Å². The van der Waals surface area contributed by atoms with Crippen LogP contribution in [0, 0.1) is 6.92 Å². The van der Waals surface area contributed by atoms with Crippen LogP contribution in [0.25, 0.3) is 0 Å². The summed E-state index contributed by atoms with van der Waals surface area (Å²) in [6.45, 7) is 8.03. The maximum Gasteiger partial charge on any atom is 0.219 e. The number of rotatable bonds is 4. The van der Waals surface area contributed by atoms with Gasteiger partial charge in [0.1, 0.15) is 11.6 Å². The Kier molecular flexibility index (Phi) is 5.81. The molecule has 6 heteroatoms. The summed E-state index contributed by atoms with van der Waals surface area (Å²) in [5.41, 5.74) is 4.81. The normalized spacial score (nSPS) is 19.7. The Balaban J connectivity index is 1.45. The van der Waals surface area contributed by atoms with Crippen LogP contribution in [-0.4, -0.2) is 52.4 Å². The minimum absolute atomic E-state index is 0.148. The molecule has 1 unspecified atom stereocenters. The molecule has 0 saturated carbocycles. The van der Waals surface area contributed by atoms with Gasteiger partial charge in [0.05, 0.1) is 7.11 Å². The number of amides is 1. The smallest absolute Gasteiger partial charge is 0.219 e. The van der Waals surface area contributed by atoms with Crippen molar-refractivity contribution in [2.24, 2.45) is 0 Å². The molecule has 0 bridgehead atoms. The van der Waals surface area contributed by atoms with Crippen LogP contribution >= 0.6 is 0 Å². The summed E-state index contributed by atoms with van der Waals surface area (Å²) >= 11 is 0. The highest BCUT2D eigenvalue weighted by Gasteiger charge is 2.26. The first-order chi connectivity index (χ1) is 14.0. The van der Waals surface area contributed by atoms with Gasteiger partial charge >= 0.3 is 0 Å². The molecule has 4 rings (SSSR count). The molecule has 0 spiro atoms. The molecule has 29 heavy (non-hydrogen) atoms. The number of hydrogen-bond donors (Lipinski definition) is 0. The van der Waals surface area contributed by atoms with Gasteiger partial charge in [-0.2, -0.15) is 0 Å². The van der Waals surface area contributed by atoms with Gasteiger partial charge in [0, 0.05) is 75.0 Å². The number of aromatic nitrogens is 2. The first-order valence-electron chi connectivity index (χ1n) is 10.5. The lowest BCUT2D eigenvalue weighted by molar-refractivity contribution is -0.130. The Morgan fingerprint density at radius 1 is 1.31 bits per heavy atom. The van der Waals surface area contributed by atoms with E-state index in [-0.39, 0.29) is 11.8 Å². The third-order valence-corrected chi connectivity index (χ3v) is 6.10. The number of fused-ring (bicyclic) bond motifs is 1. The number of hydrogen-bond acceptors (Lipinski definition) is 5. The molecule has 0 aliphatic carbocycles. The number of carbonyl (C=O) groups is 1. The van der Waals surface area contributed by atoms with Crippen molar-refractivity contribution in [1.29, 1.82) is 0 Å². The van der Waals surface area contributed by atoms with Crippen molar-refractivity contribution in [2.75, 3.05) is 26.7 Å². The largest absolute Gasteiger partial charge is 0.496 e. The maximum atomic E-state index is 11.7. The second kappa shape index (κ2) is 8.49. The third kappa shape index (κ3) is 4.42. The van der Waals surface area contributed by atoms with Crippen LogP contribution in [0.15, 0.2) is 24.4 Å². The first-order valence-corrected chi connectivity index (χ1v) is 10.5. The van der Waals surface area contributed by atoms with Crippen molar-refractivity contribution in [3.63, 3.8) is 0 Å². The Morgan fingerprint density at radius 3 is 2.97 bits per heavy atom. The zero-order valence-electron chi connectivity index (χ0n) is 17.6. The van der Waals surface area contributed by atoms with Gasteiger partial charge in [0.25, 0.3) is 0 Å². The van der Waals surface area contributed by atoms with E-state index in [1.165, 1.54) is 22.4 Å². The highest BCUT2D eigenvalue weighted by Crippen LogP contribution is 2.28. The minimum atomic E-state index is 0.148. The van der Waals surface area contributed by atoms with Gasteiger partial charge in [-0.25, -0.2) is 9.97 Å². The SMILES string of the molecule is COc1cc(C)ccc1CN1CCc2nc(C3CCCN(C(C)=O)C3)ncc2C1. The fourth-order valence-electron chi connectivity index (χ4n) is 4.42. The highest BCUT2D eigenvalue weighted by molar-refractivity contribution is 5.73. The Labute approximate surface area is 172 Å². The van der Waals surface area contributed by atoms with E-state index < -0.39 is 0 Å². The molecular weight excluding hydrogens is 364 g/mol. The van der Waals surface area contributed by atoms with E-state index in [0.717, 1.165) is 63.6 Å². The van der Waals surface area contributed by atoms with E-state index in [1.54, 1.807) is 14.0 Å². The summed E-state index contributed by atoms with van der Waals surface area (Å²) in [5, 5.41) is 0. The molecule has 3 heterocycles. The average molecular weight is 395 g/mol. The summed E-state index contributed by atoms with van der Waals surface area (Å²) in [6.07, 6.45) is 5.02. The van der Waals surface area contributed by atoms with E-state index in [9.17, 15) is 4.79 Å². The van der Waals surface area contributed by atoms with Crippen LogP contribution < -0.4 is 4.74 Å². The van der Waals surface area contributed by atoms with Gasteiger partial charge in [-0.3, -0.25) is 9.69 Å². The van der Waals surface area contributed by atoms with Crippen molar-refractivity contribution in [1.82, 2.24) is 19.8 Å². The Hall–Kier alpha value is -2.47. The summed E-state index contributed by atoms with van der Waals surface area (Å²) in [5.74, 6) is 2.26. The van der Waals surface area contributed by atoms with Crippen molar-refractivity contribution < 1.29 is 9.53 Å². The van der Waals surface area contributed by atoms with Crippen LogP contribution in [0.2, 0.25) is 0 Å². The standard InChI is InChI=1S/C23H30N4O2/c1-16-6-7-18(22(11-16)29-3)13-26-10-8-21-20(14-26)12-24-23(25-21)19-5-4-9-27(15-19)17(2)28/h6-7,11-12,19H,4-5,8-10,13-15H2,1-3H3. The summed E-state index contributed by atoms with van der Waals surface area (Å²) in [7, 11) is 1.73. The van der Waals surface area contributed by atoms with Crippen LogP contribution in [0.1, 0.15) is 53.9 Å². The maximum absolute atomic E-state index is 11.7.